The van der Waals surface area contributed by atoms with Gasteiger partial charge in [-0.15, -0.1) is 0 Å². The highest BCUT2D eigenvalue weighted by Gasteiger charge is 2.52. The molecule has 0 aromatic heterocycles. The summed E-state index contributed by atoms with van der Waals surface area (Å²) in [5.74, 6) is 0.643. The number of hydrogen-bond acceptors (Lipinski definition) is 5. The molecule has 0 N–H and O–H groups in total. The molecule has 2 aromatic carbocycles. The van der Waals surface area contributed by atoms with Crippen molar-refractivity contribution in [2.45, 2.75) is 76.0 Å². The molecule has 37 heavy (non-hydrogen) atoms. The van der Waals surface area contributed by atoms with E-state index >= 15 is 0 Å². The van der Waals surface area contributed by atoms with Gasteiger partial charge in [-0.05, 0) is 74.9 Å². The number of methoxy groups -OCH3 is 1. The van der Waals surface area contributed by atoms with Crippen LogP contribution in [0.2, 0.25) is 0 Å². The van der Waals surface area contributed by atoms with Crippen molar-refractivity contribution in [3.8, 4) is 0 Å². The molecular weight excluding hydrogens is 465 g/mol. The Morgan fingerprint density at radius 1 is 1.11 bits per heavy atom. The molecule has 5 nitrogen and oxygen atoms in total. The number of halogens is 1. The normalized spacial score (nSPS) is 26.4. The van der Waals surface area contributed by atoms with Crippen molar-refractivity contribution >= 4 is 12.3 Å². The zero-order chi connectivity index (χ0) is 26.4. The predicted molar refractivity (Wildman–Crippen MR) is 147 cm³/mol. The Hall–Kier alpha value is -2.73. The average molecular weight is 508 g/mol. The van der Waals surface area contributed by atoms with Gasteiger partial charge >= 0.3 is 5.97 Å². The van der Waals surface area contributed by atoms with Crippen LogP contribution in [0.25, 0.3) is 0 Å². The van der Waals surface area contributed by atoms with Gasteiger partial charge in [-0.3, -0.25) is 4.99 Å². The van der Waals surface area contributed by atoms with E-state index in [0.29, 0.717) is 18.3 Å². The van der Waals surface area contributed by atoms with Crippen molar-refractivity contribution in [2.75, 3.05) is 21.2 Å². The maximum absolute atomic E-state index is 13.5. The lowest BCUT2D eigenvalue weighted by atomic mass is 9.72. The summed E-state index contributed by atoms with van der Waals surface area (Å²) >= 11 is 0. The van der Waals surface area contributed by atoms with E-state index in [1.807, 2.05) is 24.5 Å². The van der Waals surface area contributed by atoms with Crippen LogP contribution in [-0.2, 0) is 16.1 Å². The standard InChI is InChI=1S/C31H42FN3O2/c1-5-19-31(30(36)37-4)28(35(22-33-31)21-24-9-7-6-8-10-24)20-23-11-13-25(14-12-23)29(34(2)3)26-15-17-27(32)18-16-26/h6-10,15-18,22-23,25,28-29H,5,11-14,19-21H2,1-4H3. The number of carbonyl (C=O) groups excluding carboxylic acids is 1. The number of aliphatic imine (C=N–C) groups is 1. The van der Waals surface area contributed by atoms with Crippen molar-refractivity contribution < 1.29 is 13.9 Å². The Labute approximate surface area is 221 Å². The summed E-state index contributed by atoms with van der Waals surface area (Å²) in [6, 6.07) is 17.7. The molecule has 2 aliphatic rings. The molecule has 3 unspecified atom stereocenters. The molecule has 1 aliphatic carbocycles. The SMILES string of the molecule is CCCC1(C(=O)OC)N=CN(Cc2ccccc2)C1CC1CCC(C(c2ccc(F)cc2)N(C)C)CC1. The fourth-order valence-electron chi connectivity index (χ4n) is 6.68. The highest BCUT2D eigenvalue weighted by molar-refractivity contribution is 5.86. The Kier molecular flexibility index (Phi) is 9.01. The number of esters is 1. The molecule has 0 bridgehead atoms. The minimum atomic E-state index is -0.838. The first-order valence-electron chi connectivity index (χ1n) is 13.7. The molecule has 200 valence electrons. The minimum absolute atomic E-state index is 0.0107. The van der Waals surface area contributed by atoms with Crippen LogP contribution in [0.4, 0.5) is 4.39 Å². The summed E-state index contributed by atoms with van der Waals surface area (Å²) in [7, 11) is 5.72. The lowest BCUT2D eigenvalue weighted by molar-refractivity contribution is -0.149. The molecule has 0 radical (unpaired) electrons. The van der Waals surface area contributed by atoms with E-state index in [2.05, 4.69) is 55.1 Å². The molecule has 1 aliphatic heterocycles. The van der Waals surface area contributed by atoms with Crippen LogP contribution in [0, 0.1) is 17.7 Å². The van der Waals surface area contributed by atoms with Gasteiger partial charge < -0.3 is 14.5 Å². The lowest BCUT2D eigenvalue weighted by Gasteiger charge is -2.41. The van der Waals surface area contributed by atoms with Gasteiger partial charge in [-0.25, -0.2) is 9.18 Å². The monoisotopic (exact) mass is 507 g/mol. The van der Waals surface area contributed by atoms with Gasteiger partial charge in [0.2, 0.25) is 0 Å². The first-order chi connectivity index (χ1) is 17.9. The van der Waals surface area contributed by atoms with Crippen LogP contribution in [0.1, 0.15) is 69.0 Å². The van der Waals surface area contributed by atoms with Gasteiger partial charge in [0.15, 0.2) is 5.54 Å². The number of nitrogens with zero attached hydrogens (tertiary/aromatic N) is 3. The van der Waals surface area contributed by atoms with E-state index in [1.165, 1.54) is 18.2 Å². The van der Waals surface area contributed by atoms with Crippen molar-refractivity contribution in [3.63, 3.8) is 0 Å². The molecule has 4 rings (SSSR count). The van der Waals surface area contributed by atoms with E-state index < -0.39 is 5.54 Å². The average Bonchev–Trinajstić information content (AvgIpc) is 3.24. The van der Waals surface area contributed by atoms with Crippen molar-refractivity contribution in [3.05, 3.63) is 71.5 Å². The Morgan fingerprint density at radius 2 is 1.78 bits per heavy atom. The zero-order valence-electron chi connectivity index (χ0n) is 22.8. The molecule has 1 fully saturated rings. The molecule has 1 saturated carbocycles. The third kappa shape index (κ3) is 6.06. The number of ether oxygens (including phenoxy) is 1. The van der Waals surface area contributed by atoms with E-state index in [9.17, 15) is 9.18 Å². The summed E-state index contributed by atoms with van der Waals surface area (Å²) in [5, 5.41) is 0. The second-order valence-electron chi connectivity index (χ2n) is 11.1. The second-order valence-corrected chi connectivity index (χ2v) is 11.1. The zero-order valence-corrected chi connectivity index (χ0v) is 22.8. The van der Waals surface area contributed by atoms with Gasteiger partial charge in [0, 0.05) is 12.6 Å². The molecule has 6 heteroatoms. The van der Waals surface area contributed by atoms with Crippen LogP contribution in [0.15, 0.2) is 59.6 Å². The third-order valence-corrected chi connectivity index (χ3v) is 8.43. The van der Waals surface area contributed by atoms with Crippen molar-refractivity contribution in [1.82, 2.24) is 9.80 Å². The topological polar surface area (TPSA) is 45.1 Å². The van der Waals surface area contributed by atoms with Crippen LogP contribution in [0.5, 0.6) is 0 Å². The Balaban J connectivity index is 1.49. The summed E-state index contributed by atoms with van der Waals surface area (Å²) in [6.07, 6.45) is 8.87. The summed E-state index contributed by atoms with van der Waals surface area (Å²) in [4.78, 5) is 22.6. The fourth-order valence-corrected chi connectivity index (χ4v) is 6.68. The molecule has 0 amide bonds. The maximum Gasteiger partial charge on any atom is 0.335 e. The quantitative estimate of drug-likeness (QED) is 0.357. The second kappa shape index (κ2) is 12.2. The highest BCUT2D eigenvalue weighted by Crippen LogP contribution is 2.44. The van der Waals surface area contributed by atoms with Gasteiger partial charge in [0.05, 0.1) is 19.5 Å². The van der Waals surface area contributed by atoms with Crippen LogP contribution in [0.3, 0.4) is 0 Å². The summed E-state index contributed by atoms with van der Waals surface area (Å²) in [6.45, 7) is 2.85. The molecular formula is C31H42FN3O2. The van der Waals surface area contributed by atoms with Gasteiger partial charge in [-0.1, -0.05) is 68.7 Å². The van der Waals surface area contributed by atoms with E-state index in [0.717, 1.165) is 45.1 Å². The van der Waals surface area contributed by atoms with E-state index in [-0.39, 0.29) is 23.9 Å². The van der Waals surface area contributed by atoms with Crippen molar-refractivity contribution in [1.29, 1.82) is 0 Å². The first kappa shape index (κ1) is 27.3. The van der Waals surface area contributed by atoms with Crippen molar-refractivity contribution in [2.24, 2.45) is 16.8 Å². The van der Waals surface area contributed by atoms with Crippen LogP contribution < -0.4 is 0 Å². The molecule has 0 saturated heterocycles. The number of benzene rings is 2. The Bertz CT molecular complexity index is 1030. The molecule has 2 aromatic rings. The number of carbonyl (C=O) groups is 1. The summed E-state index contributed by atoms with van der Waals surface area (Å²) < 4.78 is 18.9. The smallest absolute Gasteiger partial charge is 0.335 e. The van der Waals surface area contributed by atoms with E-state index in [1.54, 1.807) is 12.1 Å². The molecule has 1 heterocycles. The first-order valence-corrected chi connectivity index (χ1v) is 13.7. The minimum Gasteiger partial charge on any atom is -0.467 e. The Morgan fingerprint density at radius 3 is 2.38 bits per heavy atom. The number of hydrogen-bond donors (Lipinski definition) is 0. The van der Waals surface area contributed by atoms with Gasteiger partial charge in [-0.2, -0.15) is 0 Å². The predicted octanol–water partition coefficient (Wildman–Crippen LogP) is 6.25. The third-order valence-electron chi connectivity index (χ3n) is 8.43. The fraction of sp³-hybridized carbons (Fsp3) is 0.548. The summed E-state index contributed by atoms with van der Waals surface area (Å²) in [5.41, 5.74) is 1.56. The van der Waals surface area contributed by atoms with Crippen LogP contribution >= 0.6 is 0 Å². The number of rotatable bonds is 10. The lowest BCUT2D eigenvalue weighted by Crippen LogP contribution is -2.52. The highest BCUT2D eigenvalue weighted by atomic mass is 19.1. The molecule has 3 atom stereocenters. The van der Waals surface area contributed by atoms with Gasteiger partial charge in [0.25, 0.3) is 0 Å². The van der Waals surface area contributed by atoms with Crippen LogP contribution in [-0.4, -0.2) is 54.9 Å². The van der Waals surface area contributed by atoms with Gasteiger partial charge in [0.1, 0.15) is 5.82 Å². The largest absolute Gasteiger partial charge is 0.467 e. The maximum atomic E-state index is 13.5. The molecule has 0 spiro atoms. The van der Waals surface area contributed by atoms with E-state index in [4.69, 9.17) is 9.73 Å².